The average Bonchev–Trinajstić information content (AvgIpc) is 2.75. The summed E-state index contributed by atoms with van der Waals surface area (Å²) >= 11 is 0. The molecule has 2 rings (SSSR count). The number of carbonyl (C=O) groups is 1. The molecule has 0 aliphatic heterocycles. The van der Waals surface area contributed by atoms with Crippen molar-refractivity contribution in [3.63, 3.8) is 0 Å². The van der Waals surface area contributed by atoms with E-state index in [2.05, 4.69) is 48.5 Å². The van der Waals surface area contributed by atoms with Gasteiger partial charge in [-0.1, -0.05) is 30.3 Å². The fraction of sp³-hybridized carbons (Fsp3) is 0.440. The van der Waals surface area contributed by atoms with Crippen LogP contribution in [0.2, 0.25) is 0 Å². The van der Waals surface area contributed by atoms with Gasteiger partial charge < -0.3 is 20.3 Å². The number of nitrogens with one attached hydrogen (secondary N) is 2. The molecule has 0 unspecified atom stereocenters. The predicted octanol–water partition coefficient (Wildman–Crippen LogP) is 3.57. The Hall–Kier alpha value is -3.02. The summed E-state index contributed by atoms with van der Waals surface area (Å²) in [6, 6.07) is 14.0. The first-order chi connectivity index (χ1) is 14.9. The van der Waals surface area contributed by atoms with E-state index in [-0.39, 0.29) is 5.91 Å². The Balaban J connectivity index is 1.80. The van der Waals surface area contributed by atoms with E-state index in [0.717, 1.165) is 54.3 Å². The number of aryl methyl sites for hydroxylation is 2. The zero-order chi connectivity index (χ0) is 22.6. The highest BCUT2D eigenvalue weighted by Gasteiger charge is 2.08. The molecule has 0 atom stereocenters. The van der Waals surface area contributed by atoms with Gasteiger partial charge in [0, 0.05) is 45.7 Å². The standard InChI is InChI=1S/C25H36N4O2/c1-6-26-25(27-15-9-17-31-23-19(2)10-7-11-20(23)3)28-16-14-21-12-8-13-22(18-21)24(30)29(4)5/h7-8,10-13,18H,6,9,14-17H2,1-5H3,(H2,26,27,28). The second-order valence-corrected chi connectivity index (χ2v) is 7.76. The minimum absolute atomic E-state index is 0.0211. The van der Waals surface area contributed by atoms with E-state index in [4.69, 9.17) is 4.74 Å². The number of hydrogen-bond acceptors (Lipinski definition) is 3. The monoisotopic (exact) mass is 424 g/mol. The maximum Gasteiger partial charge on any atom is 0.253 e. The number of rotatable bonds is 10. The molecule has 0 aromatic heterocycles. The molecule has 0 aliphatic rings. The van der Waals surface area contributed by atoms with Gasteiger partial charge in [-0.2, -0.15) is 0 Å². The average molecular weight is 425 g/mol. The van der Waals surface area contributed by atoms with Gasteiger partial charge in [0.1, 0.15) is 5.75 Å². The van der Waals surface area contributed by atoms with Crippen LogP contribution >= 0.6 is 0 Å². The second-order valence-electron chi connectivity index (χ2n) is 7.76. The van der Waals surface area contributed by atoms with E-state index in [9.17, 15) is 4.79 Å². The first-order valence-corrected chi connectivity index (χ1v) is 10.9. The number of hydrogen-bond donors (Lipinski definition) is 2. The zero-order valence-corrected chi connectivity index (χ0v) is 19.5. The summed E-state index contributed by atoms with van der Waals surface area (Å²) in [6.45, 7) is 9.06. The summed E-state index contributed by atoms with van der Waals surface area (Å²) in [6.07, 6.45) is 1.66. The third-order valence-corrected chi connectivity index (χ3v) is 4.86. The van der Waals surface area contributed by atoms with E-state index in [1.165, 1.54) is 0 Å². The number of carbonyl (C=O) groups excluding carboxylic acids is 1. The number of para-hydroxylation sites is 1. The summed E-state index contributed by atoms with van der Waals surface area (Å²) in [5, 5.41) is 6.65. The molecule has 6 heteroatoms. The highest BCUT2D eigenvalue weighted by Crippen LogP contribution is 2.22. The van der Waals surface area contributed by atoms with Gasteiger partial charge in [-0.3, -0.25) is 9.79 Å². The lowest BCUT2D eigenvalue weighted by Gasteiger charge is -2.13. The molecule has 2 aromatic carbocycles. The van der Waals surface area contributed by atoms with Crippen LogP contribution < -0.4 is 15.4 Å². The van der Waals surface area contributed by atoms with Crippen LogP contribution in [0.5, 0.6) is 5.75 Å². The Morgan fingerprint density at radius 3 is 2.45 bits per heavy atom. The van der Waals surface area contributed by atoms with Gasteiger partial charge in [-0.05, 0) is 56.0 Å². The highest BCUT2D eigenvalue weighted by atomic mass is 16.5. The molecular weight excluding hydrogens is 388 g/mol. The molecule has 0 aliphatic carbocycles. The van der Waals surface area contributed by atoms with E-state index in [1.807, 2.05) is 30.3 Å². The van der Waals surface area contributed by atoms with Gasteiger partial charge in [0.25, 0.3) is 5.91 Å². The van der Waals surface area contributed by atoms with Gasteiger partial charge in [-0.25, -0.2) is 0 Å². The van der Waals surface area contributed by atoms with Crippen molar-refractivity contribution in [3.8, 4) is 5.75 Å². The van der Waals surface area contributed by atoms with Crippen molar-refractivity contribution in [2.24, 2.45) is 4.99 Å². The SMILES string of the molecule is CCNC(=NCCCOc1c(C)cccc1C)NCCc1cccc(C(=O)N(C)C)c1. The fourth-order valence-corrected chi connectivity index (χ4v) is 3.24. The van der Waals surface area contributed by atoms with Crippen LogP contribution in [0.1, 0.15) is 40.4 Å². The molecule has 0 fully saturated rings. The molecule has 2 aromatic rings. The first kappa shape index (κ1) is 24.3. The summed E-state index contributed by atoms with van der Waals surface area (Å²) in [5.74, 6) is 1.80. The molecule has 0 saturated heterocycles. The third-order valence-electron chi connectivity index (χ3n) is 4.86. The van der Waals surface area contributed by atoms with Crippen molar-refractivity contribution >= 4 is 11.9 Å². The van der Waals surface area contributed by atoms with Crippen molar-refractivity contribution in [2.45, 2.75) is 33.6 Å². The quantitative estimate of drug-likeness (QED) is 0.348. The number of amides is 1. The number of guanidine groups is 1. The van der Waals surface area contributed by atoms with Gasteiger partial charge in [-0.15, -0.1) is 0 Å². The van der Waals surface area contributed by atoms with Crippen molar-refractivity contribution in [1.82, 2.24) is 15.5 Å². The predicted molar refractivity (Wildman–Crippen MR) is 128 cm³/mol. The van der Waals surface area contributed by atoms with Gasteiger partial charge in [0.05, 0.1) is 6.61 Å². The molecule has 168 valence electrons. The Labute approximate surface area is 186 Å². The van der Waals surface area contributed by atoms with Gasteiger partial charge in [0.2, 0.25) is 0 Å². The maximum absolute atomic E-state index is 12.1. The van der Waals surface area contributed by atoms with Gasteiger partial charge in [0.15, 0.2) is 5.96 Å². The van der Waals surface area contributed by atoms with E-state index < -0.39 is 0 Å². The largest absolute Gasteiger partial charge is 0.493 e. The van der Waals surface area contributed by atoms with E-state index in [0.29, 0.717) is 18.7 Å². The Bertz CT molecular complexity index is 857. The van der Waals surface area contributed by atoms with Crippen LogP contribution in [0.4, 0.5) is 0 Å². The Morgan fingerprint density at radius 1 is 1.06 bits per heavy atom. The number of nitrogens with zero attached hydrogens (tertiary/aromatic N) is 2. The second kappa shape index (κ2) is 12.6. The van der Waals surface area contributed by atoms with Crippen LogP contribution in [0.25, 0.3) is 0 Å². The lowest BCUT2D eigenvalue weighted by atomic mass is 10.1. The van der Waals surface area contributed by atoms with Crippen LogP contribution in [0.3, 0.4) is 0 Å². The summed E-state index contributed by atoms with van der Waals surface area (Å²) in [5.41, 5.74) is 4.16. The number of benzene rings is 2. The summed E-state index contributed by atoms with van der Waals surface area (Å²) < 4.78 is 5.95. The number of ether oxygens (including phenoxy) is 1. The van der Waals surface area contributed by atoms with Crippen LogP contribution in [-0.2, 0) is 6.42 Å². The smallest absolute Gasteiger partial charge is 0.253 e. The first-order valence-electron chi connectivity index (χ1n) is 10.9. The van der Waals surface area contributed by atoms with Crippen LogP contribution in [0.15, 0.2) is 47.5 Å². The molecule has 0 bridgehead atoms. The maximum atomic E-state index is 12.1. The summed E-state index contributed by atoms with van der Waals surface area (Å²) in [7, 11) is 3.53. The van der Waals surface area contributed by atoms with Crippen molar-refractivity contribution in [3.05, 3.63) is 64.7 Å². The van der Waals surface area contributed by atoms with Gasteiger partial charge >= 0.3 is 0 Å². The fourth-order valence-electron chi connectivity index (χ4n) is 3.24. The minimum atomic E-state index is 0.0211. The molecule has 1 amide bonds. The molecule has 0 spiro atoms. The molecule has 6 nitrogen and oxygen atoms in total. The van der Waals surface area contributed by atoms with E-state index in [1.54, 1.807) is 19.0 Å². The Kier molecular flexibility index (Phi) is 9.88. The topological polar surface area (TPSA) is 66.0 Å². The normalized spacial score (nSPS) is 11.2. The van der Waals surface area contributed by atoms with Crippen molar-refractivity contribution < 1.29 is 9.53 Å². The molecular formula is C25H36N4O2. The zero-order valence-electron chi connectivity index (χ0n) is 19.5. The van der Waals surface area contributed by atoms with E-state index >= 15 is 0 Å². The molecule has 2 N–H and O–H groups in total. The summed E-state index contributed by atoms with van der Waals surface area (Å²) in [4.78, 5) is 18.4. The third kappa shape index (κ3) is 7.96. The van der Waals surface area contributed by atoms with Crippen LogP contribution in [0, 0.1) is 13.8 Å². The van der Waals surface area contributed by atoms with Crippen LogP contribution in [-0.4, -0.2) is 57.1 Å². The lowest BCUT2D eigenvalue weighted by Crippen LogP contribution is -2.38. The molecule has 0 heterocycles. The highest BCUT2D eigenvalue weighted by molar-refractivity contribution is 5.94. The Morgan fingerprint density at radius 2 is 1.77 bits per heavy atom. The molecule has 31 heavy (non-hydrogen) atoms. The molecule has 0 radical (unpaired) electrons. The molecule has 0 saturated carbocycles. The minimum Gasteiger partial charge on any atom is -0.493 e. The lowest BCUT2D eigenvalue weighted by molar-refractivity contribution is 0.0827. The van der Waals surface area contributed by atoms with Crippen molar-refractivity contribution in [2.75, 3.05) is 40.3 Å². The van der Waals surface area contributed by atoms with Crippen molar-refractivity contribution in [1.29, 1.82) is 0 Å². The number of aliphatic imine (C=N–C) groups is 1.